The topological polar surface area (TPSA) is 216 Å². The molecule has 2 aromatic rings. The van der Waals surface area contributed by atoms with Gasteiger partial charge in [-0.1, -0.05) is 12.1 Å². The van der Waals surface area contributed by atoms with Crippen LogP contribution < -0.4 is 31.9 Å². The summed E-state index contributed by atoms with van der Waals surface area (Å²) >= 11 is 0. The Bertz CT molecular complexity index is 1570. The average Bonchev–Trinajstić information content (AvgIpc) is 3.60. The van der Waals surface area contributed by atoms with Gasteiger partial charge < -0.3 is 37.0 Å². The number of anilines is 2. The van der Waals surface area contributed by atoms with Crippen LogP contribution in [0.2, 0.25) is 0 Å². The van der Waals surface area contributed by atoms with Crippen molar-refractivity contribution in [3.8, 4) is 6.07 Å². The summed E-state index contributed by atoms with van der Waals surface area (Å²) in [5.74, 6) is -2.69. The Labute approximate surface area is 294 Å². The molecule has 51 heavy (non-hydrogen) atoms. The number of carboxylic acid groups (broad SMARTS) is 1. The number of amides is 2. The molecule has 0 bridgehead atoms. The van der Waals surface area contributed by atoms with Gasteiger partial charge in [-0.25, -0.2) is 14.8 Å². The van der Waals surface area contributed by atoms with Crippen LogP contribution in [-0.2, 0) is 27.0 Å². The summed E-state index contributed by atoms with van der Waals surface area (Å²) in [4.78, 5) is 52.1. The lowest BCUT2D eigenvalue weighted by molar-refractivity contribution is -0.145. The van der Waals surface area contributed by atoms with E-state index in [-0.39, 0.29) is 54.7 Å². The number of carbonyl (C=O) groups excluding carboxylic acids is 2. The fourth-order valence-electron chi connectivity index (χ4n) is 6.39. The molecule has 7 N–H and O–H groups in total. The monoisotopic (exact) mass is 714 g/mol. The number of aromatic nitrogens is 2. The number of nitrogens with zero attached hydrogens (tertiary/aromatic N) is 6. The van der Waals surface area contributed by atoms with E-state index in [1.807, 2.05) is 12.1 Å². The van der Waals surface area contributed by atoms with Gasteiger partial charge in [0, 0.05) is 45.2 Å². The lowest BCUT2D eigenvalue weighted by Crippen LogP contribution is -2.44. The number of nitrogens with one attached hydrogen (secondary N) is 2. The number of benzene rings is 1. The number of hydrogen-bond acceptors (Lipinski definition) is 9. The minimum atomic E-state index is -4.78. The van der Waals surface area contributed by atoms with Gasteiger partial charge in [-0.2, -0.15) is 18.4 Å². The maximum absolute atomic E-state index is 14.0. The van der Waals surface area contributed by atoms with E-state index in [2.05, 4.69) is 31.7 Å². The Balaban J connectivity index is 1.30. The van der Waals surface area contributed by atoms with Gasteiger partial charge in [-0.3, -0.25) is 14.6 Å². The number of nitrogens with two attached hydrogens (primary N) is 2. The number of nitriles is 1. The van der Waals surface area contributed by atoms with E-state index in [1.165, 1.54) is 6.07 Å². The van der Waals surface area contributed by atoms with E-state index in [9.17, 15) is 32.7 Å². The summed E-state index contributed by atoms with van der Waals surface area (Å²) in [7, 11) is 0. The van der Waals surface area contributed by atoms with Gasteiger partial charge in [0.2, 0.25) is 17.6 Å². The third kappa shape index (κ3) is 11.7. The molecule has 17 heteroatoms. The van der Waals surface area contributed by atoms with Crippen molar-refractivity contribution in [1.29, 1.82) is 5.26 Å². The maximum atomic E-state index is 14.0. The van der Waals surface area contributed by atoms with Crippen LogP contribution >= 0.6 is 0 Å². The SMILES string of the molecule is N#Cc1ccc(CCNC(=O)[C@@H]2CCCN2c2cc(N3CCC(CCCC(=O)NC(CCCN=C(N)N)C(=O)O)CC3)nc(C(F)(F)F)n2)cc1. The second-order valence-electron chi connectivity index (χ2n) is 12.8. The molecule has 0 spiro atoms. The van der Waals surface area contributed by atoms with Crippen molar-refractivity contribution in [2.24, 2.45) is 22.4 Å². The molecular formula is C34H45F3N10O4. The molecule has 4 rings (SSSR count). The second kappa shape index (κ2) is 18.2. The molecule has 2 aliphatic heterocycles. The molecule has 0 aliphatic carbocycles. The molecule has 276 valence electrons. The van der Waals surface area contributed by atoms with Crippen LogP contribution in [0.4, 0.5) is 24.8 Å². The second-order valence-corrected chi connectivity index (χ2v) is 12.8. The predicted molar refractivity (Wildman–Crippen MR) is 184 cm³/mol. The molecule has 0 radical (unpaired) electrons. The summed E-state index contributed by atoms with van der Waals surface area (Å²) in [5, 5.41) is 23.8. The van der Waals surface area contributed by atoms with E-state index in [1.54, 1.807) is 21.9 Å². The van der Waals surface area contributed by atoms with Crippen LogP contribution in [0.1, 0.15) is 74.7 Å². The van der Waals surface area contributed by atoms with Crippen LogP contribution in [0.3, 0.4) is 0 Å². The predicted octanol–water partition coefficient (Wildman–Crippen LogP) is 2.70. The van der Waals surface area contributed by atoms with Crippen LogP contribution in [0.25, 0.3) is 0 Å². The highest BCUT2D eigenvalue weighted by atomic mass is 19.4. The lowest BCUT2D eigenvalue weighted by atomic mass is 9.91. The fourth-order valence-corrected chi connectivity index (χ4v) is 6.39. The van der Waals surface area contributed by atoms with Gasteiger partial charge in [0.25, 0.3) is 0 Å². The summed E-state index contributed by atoms with van der Waals surface area (Å²) < 4.78 is 42.0. The first-order chi connectivity index (χ1) is 24.3. The average molecular weight is 715 g/mol. The van der Waals surface area contributed by atoms with Crippen LogP contribution in [0.5, 0.6) is 0 Å². The van der Waals surface area contributed by atoms with Gasteiger partial charge >= 0.3 is 12.1 Å². The minimum absolute atomic E-state index is 0.0566. The van der Waals surface area contributed by atoms with Gasteiger partial charge in [0.15, 0.2) is 5.96 Å². The highest BCUT2D eigenvalue weighted by Crippen LogP contribution is 2.34. The third-order valence-corrected chi connectivity index (χ3v) is 9.13. The molecule has 2 saturated heterocycles. The third-order valence-electron chi connectivity index (χ3n) is 9.13. The number of carboxylic acids is 1. The summed E-state index contributed by atoms with van der Waals surface area (Å²) in [6.07, 6.45) is 0.190. The van der Waals surface area contributed by atoms with Crippen molar-refractivity contribution in [2.45, 2.75) is 82.5 Å². The number of carbonyl (C=O) groups is 3. The first-order valence-electron chi connectivity index (χ1n) is 17.2. The van der Waals surface area contributed by atoms with Crippen molar-refractivity contribution in [1.82, 2.24) is 20.6 Å². The Morgan fingerprint density at radius 2 is 1.76 bits per heavy atom. The lowest BCUT2D eigenvalue weighted by Gasteiger charge is -2.34. The molecule has 1 unspecified atom stereocenters. The standard InChI is InChI=1S/C34H45F3N10O4/c35-34(36,37)32-44-27(20-28(45-32)47-17-3-6-26(47)30(49)41-16-12-23-8-10-24(21-38)11-9-23)46-18-13-22(14-19-46)4-1-7-29(48)43-25(31(50)51)5-2-15-42-33(39)40/h8-11,20,22,25-26H,1-7,12-19H2,(H,41,49)(H,43,48)(H,50,51)(H4,39,40,42)/t25?,26-/m0/s1. The van der Waals surface area contributed by atoms with Gasteiger partial charge in [0.05, 0.1) is 11.6 Å². The Hall–Kier alpha value is -5.14. The zero-order valence-electron chi connectivity index (χ0n) is 28.4. The summed E-state index contributed by atoms with van der Waals surface area (Å²) in [6, 6.07) is 8.91. The molecule has 1 aromatic heterocycles. The molecule has 2 fully saturated rings. The largest absolute Gasteiger partial charge is 0.480 e. The number of guanidine groups is 1. The Kier molecular flexibility index (Phi) is 13.8. The van der Waals surface area contributed by atoms with Crippen LogP contribution in [0.15, 0.2) is 35.3 Å². The smallest absolute Gasteiger partial charge is 0.451 e. The number of aliphatic carboxylic acids is 1. The van der Waals surface area contributed by atoms with E-state index in [0.29, 0.717) is 83.1 Å². The number of rotatable bonds is 16. The molecule has 1 aromatic carbocycles. The quantitative estimate of drug-likeness (QED) is 0.0968. The molecule has 2 aliphatic rings. The zero-order valence-corrected chi connectivity index (χ0v) is 28.4. The number of aliphatic imine (C=N–C) groups is 1. The number of piperidine rings is 1. The van der Waals surface area contributed by atoms with Gasteiger partial charge in [-0.05, 0) is 81.4 Å². The van der Waals surface area contributed by atoms with Crippen molar-refractivity contribution in [3.63, 3.8) is 0 Å². The van der Waals surface area contributed by atoms with Crippen LogP contribution in [-0.4, -0.2) is 83.6 Å². The van der Waals surface area contributed by atoms with Crippen molar-refractivity contribution in [3.05, 3.63) is 47.3 Å². The normalized spacial score (nSPS) is 17.0. The number of alkyl halides is 3. The van der Waals surface area contributed by atoms with Crippen molar-refractivity contribution >= 4 is 35.4 Å². The summed E-state index contributed by atoms with van der Waals surface area (Å²) in [5.41, 5.74) is 12.0. The van der Waals surface area contributed by atoms with E-state index < -0.39 is 30.1 Å². The number of halogens is 3. The minimum Gasteiger partial charge on any atom is -0.480 e. The zero-order chi connectivity index (χ0) is 37.0. The fraction of sp³-hybridized carbons (Fsp3) is 0.559. The summed E-state index contributed by atoms with van der Waals surface area (Å²) in [6.45, 7) is 1.89. The Morgan fingerprint density at radius 1 is 1.06 bits per heavy atom. The van der Waals surface area contributed by atoms with Gasteiger partial charge in [-0.15, -0.1) is 0 Å². The van der Waals surface area contributed by atoms with E-state index in [0.717, 1.165) is 5.56 Å². The molecular weight excluding hydrogens is 669 g/mol. The van der Waals surface area contributed by atoms with Gasteiger partial charge in [0.1, 0.15) is 23.7 Å². The van der Waals surface area contributed by atoms with Crippen molar-refractivity contribution < 1.29 is 32.7 Å². The molecule has 3 heterocycles. The maximum Gasteiger partial charge on any atom is 0.451 e. The van der Waals surface area contributed by atoms with Crippen LogP contribution in [0, 0.1) is 17.2 Å². The molecule has 2 atom stereocenters. The van der Waals surface area contributed by atoms with Crippen molar-refractivity contribution in [2.75, 3.05) is 42.5 Å². The Morgan fingerprint density at radius 3 is 2.41 bits per heavy atom. The van der Waals surface area contributed by atoms with E-state index in [4.69, 9.17) is 16.7 Å². The first-order valence-corrected chi connectivity index (χ1v) is 17.2. The van der Waals surface area contributed by atoms with E-state index >= 15 is 0 Å². The molecule has 2 amide bonds. The first kappa shape index (κ1) is 38.7. The number of hydrogen-bond donors (Lipinski definition) is 5. The highest BCUT2D eigenvalue weighted by molar-refractivity contribution is 5.86. The molecule has 0 saturated carbocycles. The molecule has 14 nitrogen and oxygen atoms in total. The highest BCUT2D eigenvalue weighted by Gasteiger charge is 2.39.